The Hall–Kier alpha value is -3.58. The fourth-order valence-corrected chi connectivity index (χ4v) is 2.97. The highest BCUT2D eigenvalue weighted by Gasteiger charge is 2.16. The second-order valence-corrected chi connectivity index (χ2v) is 6.45. The molecule has 7 heteroatoms. The number of hydrogen-bond donors (Lipinski definition) is 1. The van der Waals surface area contributed by atoms with Crippen LogP contribution in [0.3, 0.4) is 0 Å². The van der Waals surface area contributed by atoms with Crippen molar-refractivity contribution in [1.82, 2.24) is 4.98 Å². The first-order valence-corrected chi connectivity index (χ1v) is 9.72. The molecule has 2 heterocycles. The van der Waals surface area contributed by atoms with Crippen LogP contribution in [0.25, 0.3) is 0 Å². The summed E-state index contributed by atoms with van der Waals surface area (Å²) in [5.74, 6) is 3.03. The molecule has 1 aliphatic heterocycles. The van der Waals surface area contributed by atoms with Crippen molar-refractivity contribution in [2.75, 3.05) is 38.8 Å². The monoisotopic (exact) mass is 405 g/mol. The van der Waals surface area contributed by atoms with Crippen LogP contribution in [0.5, 0.6) is 23.1 Å². The number of hydrogen-bond acceptors (Lipinski definition) is 7. The van der Waals surface area contributed by atoms with Gasteiger partial charge in [0.2, 0.25) is 5.88 Å². The topological polar surface area (TPSA) is 74.2 Å². The summed E-state index contributed by atoms with van der Waals surface area (Å²) in [7, 11) is 1.64. The molecule has 3 aromatic rings. The van der Waals surface area contributed by atoms with Crippen molar-refractivity contribution in [1.29, 1.82) is 0 Å². The summed E-state index contributed by atoms with van der Waals surface area (Å²) in [6, 6.07) is 18.9. The maximum Gasteiger partial charge on any atom is 0.230 e. The molecule has 0 saturated heterocycles. The Morgan fingerprint density at radius 2 is 1.83 bits per heavy atom. The number of nitrogens with zero attached hydrogens (tertiary/aromatic N) is 2. The van der Waals surface area contributed by atoms with Crippen molar-refractivity contribution in [3.63, 3.8) is 0 Å². The molecular weight excluding hydrogens is 382 g/mol. The third-order valence-corrected chi connectivity index (χ3v) is 4.41. The first kappa shape index (κ1) is 19.7. The molecule has 0 amide bonds. The number of ether oxygens (including phenoxy) is 4. The van der Waals surface area contributed by atoms with Crippen molar-refractivity contribution in [2.24, 2.45) is 4.99 Å². The zero-order valence-corrected chi connectivity index (χ0v) is 16.7. The van der Waals surface area contributed by atoms with E-state index in [2.05, 4.69) is 10.3 Å². The molecule has 0 saturated carbocycles. The van der Waals surface area contributed by atoms with Gasteiger partial charge in [0.15, 0.2) is 11.5 Å². The number of amidine groups is 1. The Bertz CT molecular complexity index is 1020. The Labute approximate surface area is 175 Å². The number of aliphatic imine (C=N–C) groups is 1. The first-order chi connectivity index (χ1) is 14.8. The third-order valence-electron chi connectivity index (χ3n) is 4.41. The molecule has 0 atom stereocenters. The molecule has 1 aliphatic rings. The van der Waals surface area contributed by atoms with E-state index in [1.54, 1.807) is 13.3 Å². The minimum absolute atomic E-state index is 0.425. The normalized spacial score (nSPS) is 14.2. The van der Waals surface area contributed by atoms with Crippen LogP contribution in [-0.4, -0.2) is 44.3 Å². The lowest BCUT2D eigenvalue weighted by molar-refractivity contribution is 0.105. The van der Waals surface area contributed by atoms with Crippen LogP contribution in [0.4, 0.5) is 5.69 Å². The highest BCUT2D eigenvalue weighted by atomic mass is 16.5. The van der Waals surface area contributed by atoms with Gasteiger partial charge < -0.3 is 24.3 Å². The number of benzene rings is 2. The molecule has 7 nitrogen and oxygen atoms in total. The minimum atomic E-state index is 0.425. The van der Waals surface area contributed by atoms with E-state index in [9.17, 15) is 0 Å². The molecule has 30 heavy (non-hydrogen) atoms. The number of fused-ring (bicyclic) bond motifs is 2. The van der Waals surface area contributed by atoms with Gasteiger partial charge in [0.1, 0.15) is 18.2 Å². The highest BCUT2D eigenvalue weighted by Crippen LogP contribution is 2.32. The van der Waals surface area contributed by atoms with Gasteiger partial charge in [-0.2, -0.15) is 0 Å². The molecule has 1 N–H and O–H groups in total. The zero-order valence-electron chi connectivity index (χ0n) is 16.7. The summed E-state index contributed by atoms with van der Waals surface area (Å²) in [4.78, 5) is 9.16. The number of rotatable bonds is 2. The predicted molar refractivity (Wildman–Crippen MR) is 115 cm³/mol. The predicted octanol–water partition coefficient (Wildman–Crippen LogP) is 4.15. The lowest BCUT2D eigenvalue weighted by Crippen LogP contribution is -2.17. The summed E-state index contributed by atoms with van der Waals surface area (Å²) in [6.45, 7) is 1.85. The minimum Gasteiger partial charge on any atom is -0.497 e. The van der Waals surface area contributed by atoms with E-state index in [1.807, 2.05) is 60.7 Å². The maximum absolute atomic E-state index is 6.15. The number of pyridine rings is 1. The van der Waals surface area contributed by atoms with Gasteiger partial charge in [-0.05, 0) is 36.4 Å². The first-order valence-electron chi connectivity index (χ1n) is 9.72. The van der Waals surface area contributed by atoms with Gasteiger partial charge in [0, 0.05) is 18.0 Å². The maximum atomic E-state index is 6.15. The Morgan fingerprint density at radius 3 is 2.73 bits per heavy atom. The number of aromatic nitrogens is 1. The molecular formula is C23H23N3O4. The van der Waals surface area contributed by atoms with Gasteiger partial charge >= 0.3 is 0 Å². The van der Waals surface area contributed by atoms with Gasteiger partial charge in [-0.25, -0.2) is 4.98 Å². The molecule has 0 radical (unpaired) electrons. The van der Waals surface area contributed by atoms with E-state index in [-0.39, 0.29) is 0 Å². The lowest BCUT2D eigenvalue weighted by atomic mass is 10.2. The second kappa shape index (κ2) is 9.76. The molecule has 0 aliphatic carbocycles. The van der Waals surface area contributed by atoms with Crippen LogP contribution < -0.4 is 19.5 Å². The second-order valence-electron chi connectivity index (χ2n) is 6.45. The zero-order chi connectivity index (χ0) is 20.6. The van der Waals surface area contributed by atoms with Gasteiger partial charge in [0.25, 0.3) is 0 Å². The Kier molecular flexibility index (Phi) is 6.41. The van der Waals surface area contributed by atoms with E-state index in [1.165, 1.54) is 0 Å². The SMILES string of the molecule is COc1cccc(NC2=NCCOCCOc3ccccc3Oc3ncccc32)c1. The molecule has 0 fully saturated rings. The average molecular weight is 405 g/mol. The van der Waals surface area contributed by atoms with E-state index >= 15 is 0 Å². The molecule has 154 valence electrons. The summed E-state index contributed by atoms with van der Waals surface area (Å²) in [5, 5.41) is 3.37. The van der Waals surface area contributed by atoms with Crippen molar-refractivity contribution >= 4 is 11.5 Å². The van der Waals surface area contributed by atoms with Gasteiger partial charge in [-0.1, -0.05) is 18.2 Å². The Balaban J connectivity index is 1.72. The van der Waals surface area contributed by atoms with Crippen molar-refractivity contribution in [3.8, 4) is 23.1 Å². The van der Waals surface area contributed by atoms with E-state index in [0.717, 1.165) is 17.0 Å². The summed E-state index contributed by atoms with van der Waals surface area (Å²) in [5.41, 5.74) is 1.58. The van der Waals surface area contributed by atoms with E-state index in [4.69, 9.17) is 23.9 Å². The van der Waals surface area contributed by atoms with Crippen LogP contribution in [0.2, 0.25) is 0 Å². The molecule has 1 aromatic heterocycles. The average Bonchev–Trinajstić information content (AvgIpc) is 2.80. The quantitative estimate of drug-likeness (QED) is 0.690. The van der Waals surface area contributed by atoms with Gasteiger partial charge in [0.05, 0.1) is 32.4 Å². The number of para-hydroxylation sites is 2. The number of anilines is 1. The summed E-state index contributed by atoms with van der Waals surface area (Å²) in [6.07, 6.45) is 1.69. The molecule has 4 rings (SSSR count). The van der Waals surface area contributed by atoms with Crippen LogP contribution >= 0.6 is 0 Å². The van der Waals surface area contributed by atoms with Crippen LogP contribution in [0.1, 0.15) is 5.56 Å². The highest BCUT2D eigenvalue weighted by molar-refractivity contribution is 6.09. The standard InChI is InChI=1S/C23H23N3O4/c1-27-18-7-4-6-17(16-18)26-22-19-8-5-11-25-23(19)30-21-10-3-2-9-20(21)29-15-14-28-13-12-24-22/h2-11,16H,12-15H2,1H3,(H,24,26). The molecule has 0 unspecified atom stereocenters. The molecule has 2 aromatic carbocycles. The lowest BCUT2D eigenvalue weighted by Gasteiger charge is -2.15. The van der Waals surface area contributed by atoms with Crippen LogP contribution in [0, 0.1) is 0 Å². The summed E-state index contributed by atoms with van der Waals surface area (Å²) < 4.78 is 22.9. The van der Waals surface area contributed by atoms with Crippen molar-refractivity contribution in [3.05, 3.63) is 72.4 Å². The smallest absolute Gasteiger partial charge is 0.230 e. The number of nitrogens with one attached hydrogen (secondary N) is 1. The van der Waals surface area contributed by atoms with Crippen molar-refractivity contribution < 1.29 is 18.9 Å². The van der Waals surface area contributed by atoms with E-state index < -0.39 is 0 Å². The Morgan fingerprint density at radius 1 is 0.933 bits per heavy atom. The molecule has 0 bridgehead atoms. The van der Waals surface area contributed by atoms with Crippen LogP contribution in [0.15, 0.2) is 71.9 Å². The fourth-order valence-electron chi connectivity index (χ4n) is 2.97. The van der Waals surface area contributed by atoms with Gasteiger partial charge in [-0.3, -0.25) is 4.99 Å². The van der Waals surface area contributed by atoms with Gasteiger partial charge in [-0.15, -0.1) is 0 Å². The van der Waals surface area contributed by atoms with Crippen molar-refractivity contribution in [2.45, 2.75) is 0 Å². The van der Waals surface area contributed by atoms with Crippen LogP contribution in [-0.2, 0) is 4.74 Å². The fraction of sp³-hybridized carbons (Fsp3) is 0.217. The third kappa shape index (κ3) is 4.87. The van der Waals surface area contributed by atoms with E-state index in [0.29, 0.717) is 49.6 Å². The largest absolute Gasteiger partial charge is 0.497 e. The molecule has 0 spiro atoms. The number of methoxy groups -OCH3 is 1. The summed E-state index contributed by atoms with van der Waals surface area (Å²) >= 11 is 0.